The molecule has 0 aliphatic carbocycles. The van der Waals surface area contributed by atoms with Crippen molar-refractivity contribution in [3.63, 3.8) is 0 Å². The summed E-state index contributed by atoms with van der Waals surface area (Å²) in [6.07, 6.45) is 3.09. The molecule has 0 spiro atoms. The first-order chi connectivity index (χ1) is 11.8. The highest BCUT2D eigenvalue weighted by Crippen LogP contribution is 2.17. The first-order valence-electron chi connectivity index (χ1n) is 7.23. The molecular formula is C15H14FN7O. The van der Waals surface area contributed by atoms with Crippen LogP contribution in [-0.2, 0) is 19.7 Å². The predicted molar refractivity (Wildman–Crippen MR) is 80.6 cm³/mol. The van der Waals surface area contributed by atoms with Crippen LogP contribution in [0.5, 0.6) is 5.75 Å². The predicted octanol–water partition coefficient (Wildman–Crippen LogP) is 1.34. The average molecular weight is 327 g/mol. The van der Waals surface area contributed by atoms with Crippen molar-refractivity contribution in [2.75, 3.05) is 6.67 Å². The molecule has 2 heterocycles. The topological polar surface area (TPSA) is 94.4 Å². The van der Waals surface area contributed by atoms with Crippen molar-refractivity contribution in [2.24, 2.45) is 0 Å². The fourth-order valence-electron chi connectivity index (χ4n) is 2.14. The molecule has 0 atom stereocenters. The van der Waals surface area contributed by atoms with E-state index in [0.717, 1.165) is 0 Å². The van der Waals surface area contributed by atoms with Crippen LogP contribution in [0.1, 0.15) is 17.1 Å². The van der Waals surface area contributed by atoms with Crippen molar-refractivity contribution in [1.29, 1.82) is 5.26 Å². The monoisotopic (exact) mass is 327 g/mol. The largest absolute Gasteiger partial charge is 0.486 e. The molecule has 0 aliphatic rings. The van der Waals surface area contributed by atoms with Gasteiger partial charge in [-0.3, -0.25) is 0 Å². The molecule has 0 fully saturated rings. The van der Waals surface area contributed by atoms with E-state index in [1.54, 1.807) is 35.1 Å². The smallest absolute Gasteiger partial charge is 0.148 e. The normalized spacial score (nSPS) is 10.5. The average Bonchev–Trinajstić information content (AvgIpc) is 3.24. The molecule has 0 saturated heterocycles. The maximum Gasteiger partial charge on any atom is 0.148 e. The molecule has 8 nitrogen and oxygen atoms in total. The van der Waals surface area contributed by atoms with Crippen LogP contribution < -0.4 is 4.74 Å². The van der Waals surface area contributed by atoms with Gasteiger partial charge in [0.1, 0.15) is 49.5 Å². The number of ether oxygens (including phenoxy) is 1. The van der Waals surface area contributed by atoms with Crippen LogP contribution in [0.4, 0.5) is 4.39 Å². The fourth-order valence-corrected chi connectivity index (χ4v) is 2.14. The summed E-state index contributed by atoms with van der Waals surface area (Å²) in [5.74, 6) is 1.09. The SMILES string of the molecule is N#Cc1ccccc1OCc1cn(Cc2ncnn2CCF)nn1. The van der Waals surface area contributed by atoms with E-state index in [1.807, 2.05) is 0 Å². The van der Waals surface area contributed by atoms with Gasteiger partial charge in [-0.2, -0.15) is 10.4 Å². The quantitative estimate of drug-likeness (QED) is 0.650. The van der Waals surface area contributed by atoms with Gasteiger partial charge in [0.25, 0.3) is 0 Å². The fraction of sp³-hybridized carbons (Fsp3) is 0.267. The minimum atomic E-state index is -0.509. The minimum Gasteiger partial charge on any atom is -0.486 e. The minimum absolute atomic E-state index is 0.158. The Bertz CT molecular complexity index is 851. The molecule has 0 bridgehead atoms. The molecule has 3 rings (SSSR count). The van der Waals surface area contributed by atoms with Gasteiger partial charge < -0.3 is 4.74 Å². The number of para-hydroxylation sites is 1. The van der Waals surface area contributed by atoms with Crippen LogP contribution >= 0.6 is 0 Å². The van der Waals surface area contributed by atoms with Crippen LogP contribution in [0.15, 0.2) is 36.8 Å². The van der Waals surface area contributed by atoms with E-state index < -0.39 is 6.67 Å². The Kier molecular flexibility index (Phi) is 4.76. The second-order valence-corrected chi connectivity index (χ2v) is 4.89. The first kappa shape index (κ1) is 15.6. The summed E-state index contributed by atoms with van der Waals surface area (Å²) < 4.78 is 21.1. The van der Waals surface area contributed by atoms with E-state index in [1.165, 1.54) is 11.0 Å². The summed E-state index contributed by atoms with van der Waals surface area (Å²) in [4.78, 5) is 4.08. The molecule has 3 aromatic rings. The number of hydrogen-bond acceptors (Lipinski definition) is 6. The van der Waals surface area contributed by atoms with Crippen molar-refractivity contribution in [1.82, 2.24) is 29.8 Å². The lowest BCUT2D eigenvalue weighted by Gasteiger charge is -2.05. The van der Waals surface area contributed by atoms with Gasteiger partial charge in [-0.05, 0) is 12.1 Å². The molecule has 0 N–H and O–H groups in total. The molecular weight excluding hydrogens is 313 g/mol. The molecule has 0 amide bonds. The zero-order valence-electron chi connectivity index (χ0n) is 12.7. The van der Waals surface area contributed by atoms with Crippen molar-refractivity contribution in [3.05, 3.63) is 53.9 Å². The summed E-state index contributed by atoms with van der Waals surface area (Å²) in [5, 5.41) is 21.0. The van der Waals surface area contributed by atoms with Gasteiger partial charge in [-0.1, -0.05) is 17.3 Å². The van der Waals surface area contributed by atoms with Crippen molar-refractivity contribution >= 4 is 0 Å². The third-order valence-corrected chi connectivity index (χ3v) is 3.26. The van der Waals surface area contributed by atoms with Gasteiger partial charge in [-0.25, -0.2) is 18.7 Å². The van der Waals surface area contributed by atoms with Crippen LogP contribution in [0.25, 0.3) is 0 Å². The highest BCUT2D eigenvalue weighted by atomic mass is 19.1. The van der Waals surface area contributed by atoms with E-state index in [2.05, 4.69) is 26.5 Å². The number of benzene rings is 1. The van der Waals surface area contributed by atoms with Gasteiger partial charge >= 0.3 is 0 Å². The second kappa shape index (κ2) is 7.32. The third-order valence-electron chi connectivity index (χ3n) is 3.26. The van der Waals surface area contributed by atoms with E-state index >= 15 is 0 Å². The van der Waals surface area contributed by atoms with E-state index in [9.17, 15) is 4.39 Å². The van der Waals surface area contributed by atoms with Crippen LogP contribution in [0.3, 0.4) is 0 Å². The number of hydrogen-bond donors (Lipinski definition) is 0. The highest BCUT2D eigenvalue weighted by Gasteiger charge is 2.09. The zero-order valence-corrected chi connectivity index (χ0v) is 12.7. The number of rotatable bonds is 7. The standard InChI is InChI=1S/C15H14FN7O/c16-5-6-23-15(18-11-19-23)9-22-8-13(20-21-22)10-24-14-4-2-1-3-12(14)7-17/h1-4,8,11H,5-6,9-10H2. The molecule has 0 saturated carbocycles. The van der Waals surface area contributed by atoms with Crippen LogP contribution in [-0.4, -0.2) is 36.4 Å². The first-order valence-corrected chi connectivity index (χ1v) is 7.23. The molecule has 9 heteroatoms. The lowest BCUT2D eigenvalue weighted by Crippen LogP contribution is -2.11. The van der Waals surface area contributed by atoms with Gasteiger partial charge in [0, 0.05) is 0 Å². The Labute approximate surface area is 137 Å². The lowest BCUT2D eigenvalue weighted by molar-refractivity contribution is 0.300. The molecule has 0 aliphatic heterocycles. The molecule has 2 aromatic heterocycles. The summed E-state index contributed by atoms with van der Waals surface area (Å²) in [5.41, 5.74) is 1.07. The summed E-state index contributed by atoms with van der Waals surface area (Å²) in [7, 11) is 0. The summed E-state index contributed by atoms with van der Waals surface area (Å²) in [6, 6.07) is 9.05. The zero-order chi connectivity index (χ0) is 16.8. The van der Waals surface area contributed by atoms with Gasteiger partial charge in [-0.15, -0.1) is 5.10 Å². The van der Waals surface area contributed by atoms with Crippen molar-refractivity contribution < 1.29 is 9.13 Å². The van der Waals surface area contributed by atoms with Gasteiger partial charge in [0.15, 0.2) is 0 Å². The number of alkyl halides is 1. The Morgan fingerprint density at radius 2 is 2.17 bits per heavy atom. The molecule has 24 heavy (non-hydrogen) atoms. The Morgan fingerprint density at radius 3 is 3.00 bits per heavy atom. The van der Waals surface area contributed by atoms with Crippen LogP contribution in [0.2, 0.25) is 0 Å². The third kappa shape index (κ3) is 3.55. The maximum atomic E-state index is 12.4. The van der Waals surface area contributed by atoms with Crippen molar-refractivity contribution in [2.45, 2.75) is 19.7 Å². The lowest BCUT2D eigenvalue weighted by atomic mass is 10.2. The van der Waals surface area contributed by atoms with Crippen LogP contribution in [0, 0.1) is 11.3 Å². The number of nitrogens with zero attached hydrogens (tertiary/aromatic N) is 7. The molecule has 122 valence electrons. The van der Waals surface area contributed by atoms with E-state index in [-0.39, 0.29) is 13.2 Å². The van der Waals surface area contributed by atoms with Gasteiger partial charge in [0.2, 0.25) is 0 Å². The highest BCUT2D eigenvalue weighted by molar-refractivity contribution is 5.42. The number of halogens is 1. The number of aromatic nitrogens is 6. The maximum absolute atomic E-state index is 12.4. The Morgan fingerprint density at radius 1 is 1.29 bits per heavy atom. The van der Waals surface area contributed by atoms with Crippen molar-refractivity contribution in [3.8, 4) is 11.8 Å². The Hall–Kier alpha value is -3.28. The number of aryl methyl sites for hydroxylation is 1. The molecule has 0 radical (unpaired) electrons. The molecule has 0 unspecified atom stereocenters. The summed E-state index contributed by atoms with van der Waals surface area (Å²) >= 11 is 0. The van der Waals surface area contributed by atoms with E-state index in [0.29, 0.717) is 29.4 Å². The molecule has 1 aromatic carbocycles. The number of nitriles is 1. The summed E-state index contributed by atoms with van der Waals surface area (Å²) in [6.45, 7) is 0.174. The second-order valence-electron chi connectivity index (χ2n) is 4.89. The van der Waals surface area contributed by atoms with E-state index in [4.69, 9.17) is 10.00 Å². The Balaban J connectivity index is 1.63. The van der Waals surface area contributed by atoms with Gasteiger partial charge in [0.05, 0.1) is 18.3 Å².